The van der Waals surface area contributed by atoms with Gasteiger partial charge >= 0.3 is 0 Å². The number of nitrogens with zero attached hydrogens (tertiary/aromatic N) is 1. The lowest BCUT2D eigenvalue weighted by atomic mass is 9.99. The number of halogens is 3. The highest BCUT2D eigenvalue weighted by Crippen LogP contribution is 2.22. The molecule has 5 heteroatoms. The van der Waals surface area contributed by atoms with Crippen LogP contribution in [-0.4, -0.2) is 11.5 Å². The predicted molar refractivity (Wildman–Crippen MR) is 68.3 cm³/mol. The molecule has 1 saturated heterocycles. The third kappa shape index (κ3) is 4.15. The van der Waals surface area contributed by atoms with Crippen molar-refractivity contribution in [2.45, 2.75) is 25.3 Å². The van der Waals surface area contributed by atoms with Gasteiger partial charge in [-0.25, -0.2) is 4.98 Å². The molecule has 0 radical (unpaired) electrons. The van der Waals surface area contributed by atoms with E-state index >= 15 is 0 Å². The number of hydrogen-bond acceptors (Lipinski definition) is 2. The van der Waals surface area contributed by atoms with Crippen molar-refractivity contribution in [1.29, 1.82) is 0 Å². The second kappa shape index (κ2) is 7.29. The topological polar surface area (TPSA) is 24.9 Å². The number of piperidine rings is 1. The minimum absolute atomic E-state index is 0. The fourth-order valence-corrected chi connectivity index (χ4v) is 1.84. The lowest BCUT2D eigenvalue weighted by Gasteiger charge is -2.23. The van der Waals surface area contributed by atoms with Crippen LogP contribution in [0.5, 0.6) is 0 Å². The van der Waals surface area contributed by atoms with Crippen LogP contribution in [0.25, 0.3) is 0 Å². The maximum absolute atomic E-state index is 5.72. The average molecular weight is 270 g/mol. The second-order valence-corrected chi connectivity index (χ2v) is 3.80. The van der Waals surface area contributed by atoms with Gasteiger partial charge in [-0.05, 0) is 31.0 Å². The number of hydrogen-bond donors (Lipinski definition) is 1. The summed E-state index contributed by atoms with van der Waals surface area (Å²) in [7, 11) is 0. The number of rotatable bonds is 1. The van der Waals surface area contributed by atoms with Gasteiger partial charge in [0.05, 0.1) is 0 Å². The third-order valence-corrected chi connectivity index (χ3v) is 2.69. The Morgan fingerprint density at radius 1 is 1.27 bits per heavy atom. The molecule has 1 aliphatic rings. The zero-order valence-electron chi connectivity index (χ0n) is 8.28. The molecule has 1 aromatic heterocycles. The Morgan fingerprint density at radius 2 is 2.07 bits per heavy atom. The summed E-state index contributed by atoms with van der Waals surface area (Å²) in [6.07, 6.45) is 5.67. The lowest BCUT2D eigenvalue weighted by molar-refractivity contribution is 0.411. The molecular formula is C10H15Cl3N2. The molecule has 0 bridgehead atoms. The van der Waals surface area contributed by atoms with Crippen molar-refractivity contribution in [3.63, 3.8) is 0 Å². The zero-order valence-corrected chi connectivity index (χ0v) is 10.7. The SMILES string of the molecule is Cl.Cl.Clc1ccc([C@H]2CCCCN2)cn1. The molecule has 0 aliphatic carbocycles. The molecule has 15 heavy (non-hydrogen) atoms. The maximum Gasteiger partial charge on any atom is 0.129 e. The molecule has 1 aliphatic heterocycles. The van der Waals surface area contributed by atoms with E-state index in [-0.39, 0.29) is 24.8 Å². The van der Waals surface area contributed by atoms with Gasteiger partial charge in [0.1, 0.15) is 5.15 Å². The summed E-state index contributed by atoms with van der Waals surface area (Å²) in [6.45, 7) is 1.12. The zero-order chi connectivity index (χ0) is 9.10. The molecule has 1 N–H and O–H groups in total. The summed E-state index contributed by atoms with van der Waals surface area (Å²) in [5.74, 6) is 0. The summed E-state index contributed by atoms with van der Waals surface area (Å²) in [4.78, 5) is 4.08. The minimum Gasteiger partial charge on any atom is -0.310 e. The first-order valence-corrected chi connectivity index (χ1v) is 5.09. The molecule has 86 valence electrons. The molecule has 2 nitrogen and oxygen atoms in total. The van der Waals surface area contributed by atoms with E-state index < -0.39 is 0 Å². The van der Waals surface area contributed by atoms with Crippen molar-refractivity contribution in [2.75, 3.05) is 6.54 Å². The van der Waals surface area contributed by atoms with E-state index in [9.17, 15) is 0 Å². The monoisotopic (exact) mass is 268 g/mol. The lowest BCUT2D eigenvalue weighted by Crippen LogP contribution is -2.26. The van der Waals surface area contributed by atoms with Gasteiger partial charge in [0.15, 0.2) is 0 Å². The molecule has 1 atom stereocenters. The summed E-state index contributed by atoms with van der Waals surface area (Å²) in [5.41, 5.74) is 1.25. The molecule has 0 aromatic carbocycles. The van der Waals surface area contributed by atoms with Crippen LogP contribution in [0.2, 0.25) is 5.15 Å². The average Bonchev–Trinajstić information content (AvgIpc) is 2.20. The van der Waals surface area contributed by atoms with Crippen molar-refractivity contribution >= 4 is 36.4 Å². The van der Waals surface area contributed by atoms with Gasteiger partial charge in [-0.3, -0.25) is 0 Å². The van der Waals surface area contributed by atoms with Gasteiger partial charge in [0, 0.05) is 12.2 Å². The van der Waals surface area contributed by atoms with Crippen molar-refractivity contribution in [3.8, 4) is 0 Å². The van der Waals surface area contributed by atoms with Crippen LogP contribution in [0, 0.1) is 0 Å². The van der Waals surface area contributed by atoms with Crippen molar-refractivity contribution in [2.24, 2.45) is 0 Å². The first-order chi connectivity index (χ1) is 6.36. The van der Waals surface area contributed by atoms with Gasteiger partial charge in [0.25, 0.3) is 0 Å². The first kappa shape index (κ1) is 15.0. The van der Waals surface area contributed by atoms with Crippen molar-refractivity contribution in [1.82, 2.24) is 10.3 Å². The van der Waals surface area contributed by atoms with Gasteiger partial charge < -0.3 is 5.32 Å². The molecule has 0 saturated carbocycles. The van der Waals surface area contributed by atoms with Crippen LogP contribution >= 0.6 is 36.4 Å². The minimum atomic E-state index is 0. The van der Waals surface area contributed by atoms with Crippen LogP contribution in [0.15, 0.2) is 18.3 Å². The smallest absolute Gasteiger partial charge is 0.129 e. The summed E-state index contributed by atoms with van der Waals surface area (Å²) < 4.78 is 0. The van der Waals surface area contributed by atoms with Gasteiger partial charge in [0.2, 0.25) is 0 Å². The summed E-state index contributed by atoms with van der Waals surface area (Å²) >= 11 is 5.72. The Labute approximate surface area is 108 Å². The van der Waals surface area contributed by atoms with E-state index in [0.29, 0.717) is 11.2 Å². The number of aromatic nitrogens is 1. The normalized spacial score (nSPS) is 19.9. The quantitative estimate of drug-likeness (QED) is 0.791. The van der Waals surface area contributed by atoms with Gasteiger partial charge in [-0.15, -0.1) is 24.8 Å². The van der Waals surface area contributed by atoms with Crippen molar-refractivity contribution in [3.05, 3.63) is 29.0 Å². The molecule has 0 unspecified atom stereocenters. The molecule has 1 aromatic rings. The predicted octanol–water partition coefficient (Wildman–Crippen LogP) is 3.39. The van der Waals surface area contributed by atoms with Gasteiger partial charge in [-0.2, -0.15) is 0 Å². The largest absolute Gasteiger partial charge is 0.310 e. The number of pyridine rings is 1. The highest BCUT2D eigenvalue weighted by Gasteiger charge is 2.14. The Balaban J connectivity index is 0.000000980. The Hall–Kier alpha value is -0.0200. The van der Waals surface area contributed by atoms with Crippen LogP contribution in [-0.2, 0) is 0 Å². The fraction of sp³-hybridized carbons (Fsp3) is 0.500. The van der Waals surface area contributed by atoms with E-state index in [1.54, 1.807) is 0 Å². The van der Waals surface area contributed by atoms with Crippen LogP contribution < -0.4 is 5.32 Å². The first-order valence-electron chi connectivity index (χ1n) is 4.71. The van der Waals surface area contributed by atoms with Crippen LogP contribution in [0.1, 0.15) is 30.9 Å². The van der Waals surface area contributed by atoms with Gasteiger partial charge in [-0.1, -0.05) is 24.1 Å². The fourth-order valence-electron chi connectivity index (χ4n) is 1.73. The molecule has 2 rings (SSSR count). The highest BCUT2D eigenvalue weighted by molar-refractivity contribution is 6.29. The van der Waals surface area contributed by atoms with E-state index in [1.165, 1.54) is 24.8 Å². The van der Waals surface area contributed by atoms with E-state index in [1.807, 2.05) is 12.3 Å². The molecule has 1 fully saturated rings. The van der Waals surface area contributed by atoms with Crippen LogP contribution in [0.4, 0.5) is 0 Å². The van der Waals surface area contributed by atoms with E-state index in [4.69, 9.17) is 11.6 Å². The second-order valence-electron chi connectivity index (χ2n) is 3.42. The Kier molecular flexibility index (Phi) is 7.28. The van der Waals surface area contributed by atoms with E-state index in [2.05, 4.69) is 16.4 Å². The Morgan fingerprint density at radius 3 is 2.60 bits per heavy atom. The van der Waals surface area contributed by atoms with Crippen molar-refractivity contribution < 1.29 is 0 Å². The highest BCUT2D eigenvalue weighted by atomic mass is 35.5. The third-order valence-electron chi connectivity index (χ3n) is 2.46. The Bertz CT molecular complexity index is 271. The molecule has 0 spiro atoms. The van der Waals surface area contributed by atoms with Crippen LogP contribution in [0.3, 0.4) is 0 Å². The molecular weight excluding hydrogens is 254 g/mol. The summed E-state index contributed by atoms with van der Waals surface area (Å²) in [5, 5.41) is 4.04. The molecule has 2 heterocycles. The summed E-state index contributed by atoms with van der Waals surface area (Å²) in [6, 6.07) is 4.39. The van der Waals surface area contributed by atoms with E-state index in [0.717, 1.165) is 6.54 Å². The number of nitrogens with one attached hydrogen (secondary N) is 1. The maximum atomic E-state index is 5.72. The standard InChI is InChI=1S/C10H13ClN2.2ClH/c11-10-5-4-8(7-13-10)9-3-1-2-6-12-9;;/h4-5,7,9,12H,1-3,6H2;2*1H/t9-;;/m1../s1. The molecule has 0 amide bonds.